The number of carbonyl (C=O) groups is 1. The average Bonchev–Trinajstić information content (AvgIpc) is 3.01. The van der Waals surface area contributed by atoms with Crippen LogP contribution in [0.15, 0.2) is 24.0 Å². The fourth-order valence-corrected chi connectivity index (χ4v) is 6.64. The molecule has 5 atom stereocenters. The van der Waals surface area contributed by atoms with E-state index in [9.17, 15) is 9.90 Å². The van der Waals surface area contributed by atoms with Crippen molar-refractivity contribution >= 4 is 38.3 Å². The van der Waals surface area contributed by atoms with Crippen LogP contribution in [0.4, 0.5) is 0 Å². The number of aliphatic carboxylic acids is 1. The van der Waals surface area contributed by atoms with Gasteiger partial charge < -0.3 is 24.2 Å². The maximum atomic E-state index is 12.0. The van der Waals surface area contributed by atoms with Crippen LogP contribution in [0.3, 0.4) is 0 Å². The number of ether oxygens (including phenoxy) is 2. The molecule has 2 bridgehead atoms. The third-order valence-corrected chi connectivity index (χ3v) is 8.13. The number of benzene rings is 1. The lowest BCUT2D eigenvalue weighted by Gasteiger charge is -2.61. The van der Waals surface area contributed by atoms with E-state index in [1.807, 2.05) is 12.1 Å². The fraction of sp³-hybridized carbons (Fsp3) is 0.526. The zero-order valence-corrected chi connectivity index (χ0v) is 18.4. The third kappa shape index (κ3) is 2.29. The Morgan fingerprint density at radius 3 is 3.04 bits per heavy atom. The van der Waals surface area contributed by atoms with Crippen molar-refractivity contribution in [3.63, 3.8) is 0 Å². The van der Waals surface area contributed by atoms with Crippen LogP contribution in [0.5, 0.6) is 11.5 Å². The molecular formula is C19H21INO6P. The van der Waals surface area contributed by atoms with Crippen molar-refractivity contribution in [2.45, 2.75) is 48.8 Å². The molecule has 9 heteroatoms. The van der Waals surface area contributed by atoms with E-state index in [2.05, 4.69) is 41.5 Å². The van der Waals surface area contributed by atoms with E-state index in [1.54, 1.807) is 0 Å². The molecule has 150 valence electrons. The lowest BCUT2D eigenvalue weighted by atomic mass is 9.50. The zero-order chi connectivity index (χ0) is 19.7. The average molecular weight is 517 g/mol. The van der Waals surface area contributed by atoms with Gasteiger partial charge in [-0.15, -0.1) is 0 Å². The van der Waals surface area contributed by atoms with Crippen LogP contribution in [0, 0.1) is 0 Å². The van der Waals surface area contributed by atoms with Gasteiger partial charge in [-0.3, -0.25) is 4.79 Å². The molecule has 28 heavy (non-hydrogen) atoms. The molecule has 1 spiro atoms. The summed E-state index contributed by atoms with van der Waals surface area (Å²) < 4.78 is 20.0. The van der Waals surface area contributed by atoms with E-state index in [4.69, 9.17) is 19.1 Å². The van der Waals surface area contributed by atoms with Crippen LogP contribution >= 0.6 is 32.3 Å². The molecule has 2 aliphatic carbocycles. The minimum absolute atomic E-state index is 0.0222. The van der Waals surface area contributed by atoms with Crippen LogP contribution in [0.2, 0.25) is 0 Å². The fourth-order valence-electron chi connectivity index (χ4n) is 5.56. The Morgan fingerprint density at radius 1 is 1.46 bits per heavy atom. The van der Waals surface area contributed by atoms with Gasteiger partial charge in [-0.1, -0.05) is 6.07 Å². The van der Waals surface area contributed by atoms with Crippen molar-refractivity contribution in [1.29, 1.82) is 0 Å². The number of hydrogen-bond donors (Lipinski definition) is 2. The first-order chi connectivity index (χ1) is 13.4. The van der Waals surface area contributed by atoms with Crippen LogP contribution < -0.4 is 9.26 Å². The Labute approximate surface area is 178 Å². The van der Waals surface area contributed by atoms with Gasteiger partial charge in [0.05, 0.1) is 39.6 Å². The van der Waals surface area contributed by atoms with Gasteiger partial charge >= 0.3 is 5.97 Å². The lowest BCUT2D eigenvalue weighted by molar-refractivity contribution is -0.149. The number of rotatable bonds is 5. The van der Waals surface area contributed by atoms with Gasteiger partial charge in [-0.05, 0) is 30.5 Å². The number of carboxylic acid groups (broad SMARTS) is 1. The first-order valence-electron chi connectivity index (χ1n) is 9.31. The van der Waals surface area contributed by atoms with E-state index in [0.29, 0.717) is 23.7 Å². The number of carboxylic acids is 1. The molecule has 7 nitrogen and oxygen atoms in total. The van der Waals surface area contributed by atoms with Crippen LogP contribution in [-0.2, 0) is 21.4 Å². The molecule has 0 aromatic heterocycles. The van der Waals surface area contributed by atoms with Gasteiger partial charge in [0.15, 0.2) is 17.6 Å². The zero-order valence-electron chi connectivity index (χ0n) is 15.1. The Kier molecular flexibility index (Phi) is 4.36. The summed E-state index contributed by atoms with van der Waals surface area (Å²) in [4.78, 5) is 10.9. The Morgan fingerprint density at radius 2 is 2.29 bits per heavy atom. The Balaban J connectivity index is 1.66. The minimum atomic E-state index is -0.978. The summed E-state index contributed by atoms with van der Waals surface area (Å²) in [7, 11) is 2.26. The van der Waals surface area contributed by atoms with Gasteiger partial charge in [-0.2, -0.15) is 0 Å². The van der Waals surface area contributed by atoms with Crippen molar-refractivity contribution in [2.75, 3.05) is 13.2 Å². The van der Waals surface area contributed by atoms with E-state index in [1.165, 1.54) is 5.56 Å². The largest absolute Gasteiger partial charge is 0.494 e. The molecule has 2 N–H and O–H groups in total. The van der Waals surface area contributed by atoms with Crippen molar-refractivity contribution in [2.24, 2.45) is 0 Å². The third-order valence-electron chi connectivity index (χ3n) is 6.72. The minimum Gasteiger partial charge on any atom is -0.494 e. The highest BCUT2D eigenvalue weighted by Crippen LogP contribution is 2.65. The summed E-state index contributed by atoms with van der Waals surface area (Å²) in [6.07, 6.45) is 3.25. The smallest absolute Gasteiger partial charge is 0.306 e. The molecule has 1 fully saturated rings. The number of piperidine rings is 1. The predicted molar refractivity (Wildman–Crippen MR) is 112 cm³/mol. The van der Waals surface area contributed by atoms with Gasteiger partial charge in [0.2, 0.25) is 0 Å². The van der Waals surface area contributed by atoms with Gasteiger partial charge in [-0.25, -0.2) is 3.11 Å². The van der Waals surface area contributed by atoms with E-state index >= 15 is 0 Å². The van der Waals surface area contributed by atoms with Crippen molar-refractivity contribution in [3.8, 4) is 11.5 Å². The van der Waals surface area contributed by atoms with Crippen LogP contribution in [-0.4, -0.2) is 50.2 Å². The molecule has 2 heterocycles. The molecule has 1 aromatic carbocycles. The Hall–Kier alpha value is -1.09. The summed E-state index contributed by atoms with van der Waals surface area (Å²) in [5.74, 6) is 1.00. The molecule has 2 aliphatic heterocycles. The second-order valence-corrected chi connectivity index (χ2v) is 9.31. The van der Waals surface area contributed by atoms with Gasteiger partial charge in [0, 0.05) is 41.4 Å². The second kappa shape index (κ2) is 6.45. The molecule has 4 aliphatic rings. The van der Waals surface area contributed by atoms with E-state index < -0.39 is 23.1 Å². The second-order valence-electron chi connectivity index (χ2n) is 7.83. The predicted octanol–water partition coefficient (Wildman–Crippen LogP) is 2.34. The summed E-state index contributed by atoms with van der Waals surface area (Å²) in [6, 6.07) is 3.95. The SMILES string of the molecule is O=C(O)CCOC1=CC[C@]2(O)[C@@H]3Cc4ccc(OP)c5c4[C@]2(CCN3I)[C@@H]1O5. The molecule has 1 aromatic rings. The summed E-state index contributed by atoms with van der Waals surface area (Å²) in [6.45, 7) is 0.911. The topological polar surface area (TPSA) is 88.5 Å². The summed E-state index contributed by atoms with van der Waals surface area (Å²) in [5.41, 5.74) is 0.614. The first kappa shape index (κ1) is 18.9. The van der Waals surface area contributed by atoms with E-state index in [-0.39, 0.29) is 19.1 Å². The molecule has 0 amide bonds. The normalized spacial score (nSPS) is 34.9. The molecule has 1 unspecified atom stereocenters. The monoisotopic (exact) mass is 517 g/mol. The maximum Gasteiger partial charge on any atom is 0.306 e. The Bertz CT molecular complexity index is 893. The number of hydrogen-bond acceptors (Lipinski definition) is 6. The molecular weight excluding hydrogens is 496 g/mol. The number of nitrogens with zero attached hydrogens (tertiary/aromatic N) is 1. The first-order valence-corrected chi connectivity index (χ1v) is 10.7. The lowest BCUT2D eigenvalue weighted by Crippen LogP contribution is -2.73. The van der Waals surface area contributed by atoms with E-state index in [0.717, 1.165) is 24.9 Å². The van der Waals surface area contributed by atoms with Crippen molar-refractivity contribution in [1.82, 2.24) is 3.11 Å². The summed E-state index contributed by atoms with van der Waals surface area (Å²) in [5, 5.41) is 21.0. The molecule has 5 rings (SSSR count). The van der Waals surface area contributed by atoms with Crippen LogP contribution in [0.25, 0.3) is 0 Å². The van der Waals surface area contributed by atoms with Crippen molar-refractivity contribution < 1.29 is 29.0 Å². The molecule has 0 saturated carbocycles. The molecule has 0 radical (unpaired) electrons. The van der Waals surface area contributed by atoms with Crippen LogP contribution in [0.1, 0.15) is 30.4 Å². The standard InChI is InChI=1S/C19H21INO6P/c20-21-7-6-18-15-10-1-2-11(27-28)16(15)26-17(18)12(25-8-4-14(22)23)3-5-19(18,24)13(21)9-10/h1-3,13,17,24H,4-9,28H2,(H,22,23)/t13-,17+,18+,19-/m0/s1. The number of aliphatic hydroxyl groups is 1. The highest BCUT2D eigenvalue weighted by Gasteiger charge is 2.72. The highest BCUT2D eigenvalue weighted by molar-refractivity contribution is 14.1. The van der Waals surface area contributed by atoms with Gasteiger partial charge in [0.25, 0.3) is 0 Å². The number of halogens is 1. The highest BCUT2D eigenvalue weighted by atomic mass is 127. The summed E-state index contributed by atoms with van der Waals surface area (Å²) >= 11 is 2.32. The van der Waals surface area contributed by atoms with Gasteiger partial charge in [0.1, 0.15) is 5.76 Å². The van der Waals surface area contributed by atoms with Crippen molar-refractivity contribution in [3.05, 3.63) is 35.1 Å². The quantitative estimate of drug-likeness (QED) is 0.352. The maximum absolute atomic E-state index is 12.0. The molecule has 1 saturated heterocycles.